The van der Waals surface area contributed by atoms with E-state index in [0.717, 1.165) is 0 Å². The van der Waals surface area contributed by atoms with Gasteiger partial charge < -0.3 is 11.1 Å². The molecule has 18 heavy (non-hydrogen) atoms. The minimum atomic E-state index is -0.583. The molecule has 3 amide bonds. The van der Waals surface area contributed by atoms with Gasteiger partial charge in [-0.15, -0.1) is 0 Å². The number of benzene rings is 1. The fourth-order valence-electron chi connectivity index (χ4n) is 1.23. The molecular weight excluding hydrogens is 230 g/mol. The molecule has 0 radical (unpaired) electrons. The summed E-state index contributed by atoms with van der Waals surface area (Å²) in [5.41, 5.74) is 6.24. The molecule has 0 heterocycles. The summed E-state index contributed by atoms with van der Waals surface area (Å²) in [5.74, 6) is -0.200. The Hall–Kier alpha value is -2.30. The Kier molecular flexibility index (Phi) is 4.92. The molecule has 1 aromatic rings. The predicted octanol–water partition coefficient (Wildman–Crippen LogP) is 1.88. The summed E-state index contributed by atoms with van der Waals surface area (Å²) in [6.07, 6.45) is 3.31. The van der Waals surface area contributed by atoms with Gasteiger partial charge in [-0.05, 0) is 18.1 Å². The molecule has 0 aliphatic heterocycles. The number of nitrogen functional groups attached to an aromatic ring is 1. The van der Waals surface area contributed by atoms with E-state index in [1.807, 2.05) is 13.8 Å². The number of hydrogen-bond acceptors (Lipinski definition) is 3. The van der Waals surface area contributed by atoms with Crippen LogP contribution in [-0.2, 0) is 0 Å². The molecule has 0 aliphatic rings. The highest BCUT2D eigenvalue weighted by atomic mass is 16.2. The van der Waals surface area contributed by atoms with Crippen molar-refractivity contribution in [1.82, 2.24) is 10.6 Å². The zero-order valence-corrected chi connectivity index (χ0v) is 10.4. The van der Waals surface area contributed by atoms with Crippen molar-refractivity contribution in [1.29, 1.82) is 0 Å². The van der Waals surface area contributed by atoms with Crippen LogP contribution >= 0.6 is 0 Å². The number of hydrogen-bond donors (Lipinski definition) is 3. The van der Waals surface area contributed by atoms with Gasteiger partial charge in [-0.25, -0.2) is 4.79 Å². The van der Waals surface area contributed by atoms with Crippen molar-refractivity contribution in [2.75, 3.05) is 5.73 Å². The maximum absolute atomic E-state index is 11.7. The van der Waals surface area contributed by atoms with E-state index in [1.54, 1.807) is 30.3 Å². The molecule has 0 fully saturated rings. The normalized spacial score (nSPS) is 10.6. The minimum Gasteiger partial charge on any atom is -0.398 e. The second-order valence-electron chi connectivity index (χ2n) is 4.12. The van der Waals surface area contributed by atoms with Crippen molar-refractivity contribution >= 4 is 17.6 Å². The highest BCUT2D eigenvalue weighted by Crippen LogP contribution is 2.09. The molecule has 0 atom stereocenters. The Morgan fingerprint density at radius 3 is 2.56 bits per heavy atom. The highest BCUT2D eigenvalue weighted by molar-refractivity contribution is 6.07. The van der Waals surface area contributed by atoms with Gasteiger partial charge in [0.05, 0.1) is 5.56 Å². The molecule has 0 bridgehead atoms. The fourth-order valence-corrected chi connectivity index (χ4v) is 1.23. The quantitative estimate of drug-likeness (QED) is 0.713. The van der Waals surface area contributed by atoms with E-state index < -0.39 is 11.9 Å². The van der Waals surface area contributed by atoms with Crippen LogP contribution < -0.4 is 16.4 Å². The molecule has 0 aliphatic carbocycles. The lowest BCUT2D eigenvalue weighted by Crippen LogP contribution is -2.37. The van der Waals surface area contributed by atoms with Crippen LogP contribution in [-0.4, -0.2) is 11.9 Å². The second-order valence-corrected chi connectivity index (χ2v) is 4.12. The van der Waals surface area contributed by atoms with Crippen LogP contribution in [0.5, 0.6) is 0 Å². The first-order valence-corrected chi connectivity index (χ1v) is 5.63. The summed E-state index contributed by atoms with van der Waals surface area (Å²) in [4.78, 5) is 23.1. The lowest BCUT2D eigenvalue weighted by Gasteiger charge is -2.05. The Labute approximate surface area is 106 Å². The SMILES string of the molecule is CC(C)/C=C/NC(=O)NC(=O)c1ccccc1N. The molecule has 1 rings (SSSR count). The molecule has 4 N–H and O–H groups in total. The van der Waals surface area contributed by atoms with Crippen LogP contribution in [0.2, 0.25) is 0 Å². The first-order valence-electron chi connectivity index (χ1n) is 5.63. The van der Waals surface area contributed by atoms with Crippen molar-refractivity contribution in [2.45, 2.75) is 13.8 Å². The molecule has 0 saturated heterocycles. The van der Waals surface area contributed by atoms with Crippen LogP contribution in [0, 0.1) is 5.92 Å². The smallest absolute Gasteiger partial charge is 0.325 e. The Morgan fingerprint density at radius 2 is 1.94 bits per heavy atom. The van der Waals surface area contributed by atoms with Gasteiger partial charge in [0, 0.05) is 11.9 Å². The summed E-state index contributed by atoms with van der Waals surface area (Å²) < 4.78 is 0. The third-order valence-electron chi connectivity index (χ3n) is 2.13. The van der Waals surface area contributed by atoms with Crippen molar-refractivity contribution in [2.24, 2.45) is 5.92 Å². The molecule has 0 saturated carbocycles. The van der Waals surface area contributed by atoms with Crippen LogP contribution in [0.4, 0.5) is 10.5 Å². The number of imide groups is 1. The lowest BCUT2D eigenvalue weighted by molar-refractivity contribution is 0.0965. The van der Waals surface area contributed by atoms with Gasteiger partial charge in [-0.2, -0.15) is 0 Å². The Morgan fingerprint density at radius 1 is 1.28 bits per heavy atom. The van der Waals surface area contributed by atoms with E-state index in [9.17, 15) is 9.59 Å². The molecule has 5 heteroatoms. The van der Waals surface area contributed by atoms with Gasteiger partial charge in [0.25, 0.3) is 5.91 Å². The fraction of sp³-hybridized carbons (Fsp3) is 0.231. The first kappa shape index (κ1) is 13.8. The van der Waals surface area contributed by atoms with Crippen molar-refractivity contribution in [3.05, 3.63) is 42.1 Å². The lowest BCUT2D eigenvalue weighted by atomic mass is 10.2. The second kappa shape index (κ2) is 6.44. The summed E-state index contributed by atoms with van der Waals surface area (Å²) >= 11 is 0. The number of urea groups is 1. The summed E-state index contributed by atoms with van der Waals surface area (Å²) in [6.45, 7) is 3.96. The van der Waals surface area contributed by atoms with Crippen molar-refractivity contribution < 1.29 is 9.59 Å². The molecule has 96 valence electrons. The Bertz CT molecular complexity index is 467. The summed E-state index contributed by atoms with van der Waals surface area (Å²) in [7, 11) is 0. The summed E-state index contributed by atoms with van der Waals surface area (Å²) in [6, 6.07) is 5.98. The number of allylic oxidation sites excluding steroid dienone is 1. The third kappa shape index (κ3) is 4.29. The zero-order chi connectivity index (χ0) is 13.5. The van der Waals surface area contributed by atoms with Crippen LogP contribution in [0.25, 0.3) is 0 Å². The number of carbonyl (C=O) groups is 2. The molecule has 5 nitrogen and oxygen atoms in total. The number of anilines is 1. The van der Waals surface area contributed by atoms with E-state index >= 15 is 0 Å². The maximum atomic E-state index is 11.7. The van der Waals surface area contributed by atoms with E-state index in [-0.39, 0.29) is 5.56 Å². The van der Waals surface area contributed by atoms with Crippen molar-refractivity contribution in [3.8, 4) is 0 Å². The zero-order valence-electron chi connectivity index (χ0n) is 10.4. The minimum absolute atomic E-state index is 0.278. The molecular formula is C13H17N3O2. The average Bonchev–Trinajstić information content (AvgIpc) is 2.28. The van der Waals surface area contributed by atoms with E-state index in [2.05, 4.69) is 10.6 Å². The van der Waals surface area contributed by atoms with Gasteiger partial charge in [0.1, 0.15) is 0 Å². The van der Waals surface area contributed by atoms with Gasteiger partial charge >= 0.3 is 6.03 Å². The number of carbonyl (C=O) groups excluding carboxylic acids is 2. The largest absolute Gasteiger partial charge is 0.398 e. The van der Waals surface area contributed by atoms with Crippen LogP contribution in [0.1, 0.15) is 24.2 Å². The third-order valence-corrected chi connectivity index (χ3v) is 2.13. The van der Waals surface area contributed by atoms with Gasteiger partial charge in [-0.3, -0.25) is 10.1 Å². The molecule has 0 unspecified atom stereocenters. The number of amides is 3. The van der Waals surface area contributed by atoms with E-state index in [1.165, 1.54) is 6.20 Å². The van der Waals surface area contributed by atoms with Crippen molar-refractivity contribution in [3.63, 3.8) is 0 Å². The van der Waals surface area contributed by atoms with Crippen LogP contribution in [0.15, 0.2) is 36.5 Å². The maximum Gasteiger partial charge on any atom is 0.325 e. The van der Waals surface area contributed by atoms with Gasteiger partial charge in [0.15, 0.2) is 0 Å². The monoisotopic (exact) mass is 247 g/mol. The highest BCUT2D eigenvalue weighted by Gasteiger charge is 2.11. The average molecular weight is 247 g/mol. The molecule has 1 aromatic carbocycles. The molecule has 0 aromatic heterocycles. The van der Waals surface area contributed by atoms with Gasteiger partial charge in [-0.1, -0.05) is 32.1 Å². The first-order chi connectivity index (χ1) is 8.50. The van der Waals surface area contributed by atoms with Crippen LogP contribution in [0.3, 0.4) is 0 Å². The Balaban J connectivity index is 2.55. The number of para-hydroxylation sites is 1. The van der Waals surface area contributed by atoms with Gasteiger partial charge in [0.2, 0.25) is 0 Å². The summed E-state index contributed by atoms with van der Waals surface area (Å²) in [5, 5.41) is 4.63. The number of rotatable bonds is 3. The number of nitrogens with one attached hydrogen (secondary N) is 2. The number of nitrogens with two attached hydrogens (primary N) is 1. The topological polar surface area (TPSA) is 84.2 Å². The molecule has 0 spiro atoms. The van der Waals surface area contributed by atoms with E-state index in [0.29, 0.717) is 11.6 Å². The predicted molar refractivity (Wildman–Crippen MR) is 70.8 cm³/mol. The van der Waals surface area contributed by atoms with E-state index in [4.69, 9.17) is 5.73 Å². The standard InChI is InChI=1S/C13H17N3O2/c1-9(2)7-8-15-13(18)16-12(17)10-5-3-4-6-11(10)14/h3-9H,14H2,1-2H3,(H2,15,16,17,18)/b8-7+.